The molecule has 0 radical (unpaired) electrons. The van der Waals surface area contributed by atoms with Crippen LogP contribution < -0.4 is 0 Å². The molecule has 2 aliphatic rings. The lowest BCUT2D eigenvalue weighted by atomic mass is 9.83. The predicted octanol–water partition coefficient (Wildman–Crippen LogP) is 2.73. The quantitative estimate of drug-likeness (QED) is 0.687. The molecule has 1 heteroatoms. The van der Waals surface area contributed by atoms with E-state index in [-0.39, 0.29) is 6.10 Å². The molecule has 0 saturated heterocycles. The van der Waals surface area contributed by atoms with Crippen LogP contribution in [0.1, 0.15) is 51.4 Å². The monoisotopic (exact) mass is 168 g/mol. The first-order chi connectivity index (χ1) is 5.86. The Hall–Kier alpha value is -0.0400. The molecule has 0 aromatic carbocycles. The first-order valence-electron chi connectivity index (χ1n) is 5.54. The summed E-state index contributed by atoms with van der Waals surface area (Å²) in [5, 5.41) is 9.70. The van der Waals surface area contributed by atoms with E-state index in [2.05, 4.69) is 0 Å². The summed E-state index contributed by atoms with van der Waals surface area (Å²) >= 11 is 0. The summed E-state index contributed by atoms with van der Waals surface area (Å²) in [6, 6.07) is 0. The van der Waals surface area contributed by atoms with Gasteiger partial charge in [0.2, 0.25) is 0 Å². The largest absolute Gasteiger partial charge is 0.393 e. The van der Waals surface area contributed by atoms with Gasteiger partial charge < -0.3 is 5.11 Å². The van der Waals surface area contributed by atoms with E-state index in [9.17, 15) is 5.11 Å². The maximum absolute atomic E-state index is 9.70. The van der Waals surface area contributed by atoms with Gasteiger partial charge in [0.1, 0.15) is 0 Å². The van der Waals surface area contributed by atoms with Gasteiger partial charge in [-0.15, -0.1) is 0 Å². The second-order valence-electron chi connectivity index (χ2n) is 4.63. The van der Waals surface area contributed by atoms with E-state index in [1.165, 1.54) is 44.9 Å². The van der Waals surface area contributed by atoms with Crippen molar-refractivity contribution in [3.8, 4) is 0 Å². The average Bonchev–Trinajstić information content (AvgIpc) is 2.86. The van der Waals surface area contributed by atoms with Crippen LogP contribution in [0.3, 0.4) is 0 Å². The molecular weight excluding hydrogens is 148 g/mol. The van der Waals surface area contributed by atoms with E-state index < -0.39 is 0 Å². The van der Waals surface area contributed by atoms with E-state index in [4.69, 9.17) is 0 Å². The van der Waals surface area contributed by atoms with Crippen LogP contribution in [0, 0.1) is 11.8 Å². The molecule has 2 unspecified atom stereocenters. The van der Waals surface area contributed by atoms with Crippen LogP contribution in [0.2, 0.25) is 0 Å². The van der Waals surface area contributed by atoms with Gasteiger partial charge in [0.15, 0.2) is 0 Å². The first-order valence-corrected chi connectivity index (χ1v) is 5.54. The Bertz CT molecular complexity index is 140. The van der Waals surface area contributed by atoms with Gasteiger partial charge in [0.05, 0.1) is 6.10 Å². The molecule has 2 saturated carbocycles. The lowest BCUT2D eigenvalue weighted by Crippen LogP contribution is -2.24. The third-order valence-electron chi connectivity index (χ3n) is 3.51. The average molecular weight is 168 g/mol. The van der Waals surface area contributed by atoms with Crippen LogP contribution in [0.25, 0.3) is 0 Å². The minimum absolute atomic E-state index is 0.0394. The molecular formula is C11H20O. The zero-order valence-electron chi connectivity index (χ0n) is 7.84. The van der Waals surface area contributed by atoms with Crippen molar-refractivity contribution < 1.29 is 5.11 Å². The van der Waals surface area contributed by atoms with Gasteiger partial charge in [0.25, 0.3) is 0 Å². The number of hydrogen-bond acceptors (Lipinski definition) is 1. The van der Waals surface area contributed by atoms with E-state index in [0.29, 0.717) is 5.92 Å². The normalized spacial score (nSPS) is 36.8. The van der Waals surface area contributed by atoms with Crippen molar-refractivity contribution in [2.24, 2.45) is 11.8 Å². The van der Waals surface area contributed by atoms with Gasteiger partial charge >= 0.3 is 0 Å². The predicted molar refractivity (Wildman–Crippen MR) is 49.9 cm³/mol. The van der Waals surface area contributed by atoms with Crippen molar-refractivity contribution in [2.45, 2.75) is 57.5 Å². The van der Waals surface area contributed by atoms with Crippen molar-refractivity contribution in [3.05, 3.63) is 0 Å². The molecule has 1 N–H and O–H groups in total. The molecule has 2 atom stereocenters. The van der Waals surface area contributed by atoms with Gasteiger partial charge in [-0.1, -0.05) is 32.1 Å². The fourth-order valence-corrected chi connectivity index (χ4v) is 2.38. The minimum atomic E-state index is 0.0394. The van der Waals surface area contributed by atoms with Crippen LogP contribution in [0.4, 0.5) is 0 Å². The molecule has 2 rings (SSSR count). The van der Waals surface area contributed by atoms with Crippen molar-refractivity contribution in [3.63, 3.8) is 0 Å². The van der Waals surface area contributed by atoms with E-state index in [1.807, 2.05) is 0 Å². The Labute approximate surface area is 75.2 Å². The molecule has 0 spiro atoms. The highest BCUT2D eigenvalue weighted by Gasteiger charge is 2.26. The smallest absolute Gasteiger partial charge is 0.0568 e. The van der Waals surface area contributed by atoms with Gasteiger partial charge in [-0.3, -0.25) is 0 Å². The fourth-order valence-electron chi connectivity index (χ4n) is 2.38. The molecule has 2 aliphatic carbocycles. The summed E-state index contributed by atoms with van der Waals surface area (Å²) in [4.78, 5) is 0. The van der Waals surface area contributed by atoms with Crippen molar-refractivity contribution in [1.29, 1.82) is 0 Å². The summed E-state index contributed by atoms with van der Waals surface area (Å²) in [6.07, 6.45) is 10.6. The molecule has 0 bridgehead atoms. The highest BCUT2D eigenvalue weighted by molar-refractivity contribution is 4.79. The summed E-state index contributed by atoms with van der Waals surface area (Å²) < 4.78 is 0. The molecule has 0 aromatic rings. The van der Waals surface area contributed by atoms with Crippen LogP contribution >= 0.6 is 0 Å². The SMILES string of the molecule is OC1CCCCC1CCC1CC1. The molecule has 1 nitrogen and oxygen atoms in total. The van der Waals surface area contributed by atoms with Crippen molar-refractivity contribution >= 4 is 0 Å². The summed E-state index contributed by atoms with van der Waals surface area (Å²) in [5.74, 6) is 1.69. The van der Waals surface area contributed by atoms with E-state index in [1.54, 1.807) is 0 Å². The molecule has 0 aliphatic heterocycles. The number of aliphatic hydroxyl groups excluding tert-OH is 1. The van der Waals surface area contributed by atoms with Crippen LogP contribution in [-0.2, 0) is 0 Å². The Kier molecular flexibility index (Phi) is 2.69. The lowest BCUT2D eigenvalue weighted by molar-refractivity contribution is 0.0635. The van der Waals surface area contributed by atoms with Gasteiger partial charge in [-0.25, -0.2) is 0 Å². The Morgan fingerprint density at radius 3 is 2.33 bits per heavy atom. The molecule has 0 amide bonds. The second kappa shape index (κ2) is 3.78. The highest BCUT2D eigenvalue weighted by Crippen LogP contribution is 2.37. The first kappa shape index (κ1) is 8.55. The number of hydrogen-bond donors (Lipinski definition) is 1. The maximum atomic E-state index is 9.70. The van der Waals surface area contributed by atoms with Crippen LogP contribution in [-0.4, -0.2) is 11.2 Å². The summed E-state index contributed by atoms with van der Waals surface area (Å²) in [7, 11) is 0. The molecule has 0 heterocycles. The lowest BCUT2D eigenvalue weighted by Gasteiger charge is -2.27. The zero-order valence-corrected chi connectivity index (χ0v) is 7.84. The second-order valence-corrected chi connectivity index (χ2v) is 4.63. The van der Waals surface area contributed by atoms with Gasteiger partial charge in [-0.05, 0) is 31.1 Å². The number of rotatable bonds is 3. The molecule has 2 fully saturated rings. The fraction of sp³-hybridized carbons (Fsp3) is 1.00. The number of aliphatic hydroxyl groups is 1. The highest BCUT2D eigenvalue weighted by atomic mass is 16.3. The van der Waals surface area contributed by atoms with Crippen LogP contribution in [0.15, 0.2) is 0 Å². The Balaban J connectivity index is 1.68. The van der Waals surface area contributed by atoms with Gasteiger partial charge in [-0.2, -0.15) is 0 Å². The zero-order chi connectivity index (χ0) is 8.39. The Morgan fingerprint density at radius 2 is 1.67 bits per heavy atom. The minimum Gasteiger partial charge on any atom is -0.393 e. The third-order valence-corrected chi connectivity index (χ3v) is 3.51. The van der Waals surface area contributed by atoms with E-state index in [0.717, 1.165) is 12.3 Å². The van der Waals surface area contributed by atoms with Crippen LogP contribution in [0.5, 0.6) is 0 Å². The molecule has 12 heavy (non-hydrogen) atoms. The Morgan fingerprint density at radius 1 is 0.917 bits per heavy atom. The molecule has 0 aromatic heterocycles. The topological polar surface area (TPSA) is 20.2 Å². The van der Waals surface area contributed by atoms with E-state index >= 15 is 0 Å². The molecule has 70 valence electrons. The maximum Gasteiger partial charge on any atom is 0.0568 e. The summed E-state index contributed by atoms with van der Waals surface area (Å²) in [6.45, 7) is 0. The van der Waals surface area contributed by atoms with Crippen molar-refractivity contribution in [1.82, 2.24) is 0 Å². The third kappa shape index (κ3) is 2.22. The van der Waals surface area contributed by atoms with Crippen molar-refractivity contribution in [2.75, 3.05) is 0 Å². The van der Waals surface area contributed by atoms with Gasteiger partial charge in [0, 0.05) is 0 Å². The summed E-state index contributed by atoms with van der Waals surface area (Å²) in [5.41, 5.74) is 0. The standard InChI is InChI=1S/C11H20O/c12-11-4-2-1-3-10(11)8-7-9-5-6-9/h9-12H,1-8H2.